The van der Waals surface area contributed by atoms with E-state index >= 15 is 0 Å². The molecule has 0 atom stereocenters. The maximum atomic E-state index is 5.80. The van der Waals surface area contributed by atoms with E-state index in [4.69, 9.17) is 18.0 Å². The first-order chi connectivity index (χ1) is 8.01. The average Bonchev–Trinajstić information content (AvgIpc) is 2.82. The lowest BCUT2D eigenvalue weighted by Crippen LogP contribution is -2.59. The summed E-state index contributed by atoms with van der Waals surface area (Å²) in [5.74, 6) is 0. The van der Waals surface area contributed by atoms with Gasteiger partial charge in [0.15, 0.2) is 5.13 Å². The Morgan fingerprint density at radius 1 is 1.41 bits per heavy atom. The van der Waals surface area contributed by atoms with Gasteiger partial charge in [-0.25, -0.2) is 4.98 Å². The standard InChI is InChI=1S/C11H18N4S2/c1-11(2,9(12)16)15-6-4-14(5-7-15)10-13-3-8-17-10/h3,8H,4-7H2,1-2H3,(H2,12,16). The molecule has 1 aliphatic heterocycles. The van der Waals surface area contributed by atoms with E-state index in [0.717, 1.165) is 31.3 Å². The van der Waals surface area contributed by atoms with Crippen molar-refractivity contribution in [2.75, 3.05) is 31.1 Å². The summed E-state index contributed by atoms with van der Waals surface area (Å²) in [6.45, 7) is 8.11. The van der Waals surface area contributed by atoms with Gasteiger partial charge in [-0.05, 0) is 13.8 Å². The van der Waals surface area contributed by atoms with E-state index in [2.05, 4.69) is 28.6 Å². The lowest BCUT2D eigenvalue weighted by Gasteiger charge is -2.43. The van der Waals surface area contributed by atoms with Gasteiger partial charge in [0.1, 0.15) is 0 Å². The van der Waals surface area contributed by atoms with E-state index in [-0.39, 0.29) is 5.54 Å². The van der Waals surface area contributed by atoms with Crippen molar-refractivity contribution >= 4 is 33.7 Å². The van der Waals surface area contributed by atoms with E-state index in [1.54, 1.807) is 11.3 Å². The molecular formula is C11H18N4S2. The zero-order valence-electron chi connectivity index (χ0n) is 10.2. The number of aromatic nitrogens is 1. The minimum absolute atomic E-state index is 0.190. The van der Waals surface area contributed by atoms with Crippen LogP contribution in [0.2, 0.25) is 0 Å². The highest BCUT2D eigenvalue weighted by atomic mass is 32.1. The second-order valence-electron chi connectivity index (χ2n) is 4.71. The highest BCUT2D eigenvalue weighted by Crippen LogP contribution is 2.22. The lowest BCUT2D eigenvalue weighted by molar-refractivity contribution is 0.168. The maximum absolute atomic E-state index is 5.80. The quantitative estimate of drug-likeness (QED) is 0.840. The molecule has 1 saturated heterocycles. The van der Waals surface area contributed by atoms with E-state index in [1.165, 1.54) is 0 Å². The summed E-state index contributed by atoms with van der Waals surface area (Å²) in [6, 6.07) is 0. The number of thiocarbonyl (C=S) groups is 1. The molecule has 2 heterocycles. The Kier molecular flexibility index (Phi) is 3.65. The fraction of sp³-hybridized carbons (Fsp3) is 0.636. The predicted molar refractivity (Wildman–Crippen MR) is 76.8 cm³/mol. The fourth-order valence-corrected chi connectivity index (χ4v) is 2.81. The van der Waals surface area contributed by atoms with E-state index in [9.17, 15) is 0 Å². The molecule has 2 rings (SSSR count). The molecule has 0 radical (unpaired) electrons. The molecule has 1 aliphatic rings. The summed E-state index contributed by atoms with van der Waals surface area (Å²) in [6.07, 6.45) is 1.85. The van der Waals surface area contributed by atoms with Crippen LogP contribution in [0.5, 0.6) is 0 Å². The SMILES string of the molecule is CC(C)(C(N)=S)N1CCN(c2nccs2)CC1. The number of piperazine rings is 1. The third kappa shape index (κ3) is 2.59. The number of thiazole rings is 1. The fourth-order valence-electron chi connectivity index (χ4n) is 1.98. The molecular weight excluding hydrogens is 252 g/mol. The molecule has 0 aliphatic carbocycles. The third-order valence-electron chi connectivity index (χ3n) is 3.36. The van der Waals surface area contributed by atoms with Crippen molar-refractivity contribution in [3.63, 3.8) is 0 Å². The highest BCUT2D eigenvalue weighted by Gasteiger charge is 2.32. The second kappa shape index (κ2) is 4.88. The van der Waals surface area contributed by atoms with E-state index < -0.39 is 0 Å². The minimum atomic E-state index is -0.190. The van der Waals surface area contributed by atoms with Crippen molar-refractivity contribution in [2.45, 2.75) is 19.4 Å². The molecule has 0 aromatic carbocycles. The molecule has 0 spiro atoms. The van der Waals surface area contributed by atoms with Gasteiger partial charge in [0.25, 0.3) is 0 Å². The number of anilines is 1. The van der Waals surface area contributed by atoms with Gasteiger partial charge in [0.2, 0.25) is 0 Å². The van der Waals surface area contributed by atoms with Crippen LogP contribution in [0.15, 0.2) is 11.6 Å². The van der Waals surface area contributed by atoms with Crippen molar-refractivity contribution < 1.29 is 0 Å². The summed E-state index contributed by atoms with van der Waals surface area (Å²) in [7, 11) is 0. The van der Waals surface area contributed by atoms with Gasteiger partial charge >= 0.3 is 0 Å². The number of hydrogen-bond donors (Lipinski definition) is 1. The van der Waals surface area contributed by atoms with Gasteiger partial charge in [-0.15, -0.1) is 11.3 Å². The van der Waals surface area contributed by atoms with E-state index in [0.29, 0.717) is 4.99 Å². The van der Waals surface area contributed by atoms with Crippen LogP contribution < -0.4 is 10.6 Å². The Balaban J connectivity index is 1.97. The van der Waals surface area contributed by atoms with Crippen LogP contribution in [-0.2, 0) is 0 Å². The molecule has 1 aromatic rings. The molecule has 6 heteroatoms. The Labute approximate surface area is 111 Å². The maximum Gasteiger partial charge on any atom is 0.185 e. The lowest BCUT2D eigenvalue weighted by atomic mass is 10.0. The number of rotatable bonds is 3. The summed E-state index contributed by atoms with van der Waals surface area (Å²) >= 11 is 6.82. The van der Waals surface area contributed by atoms with Gasteiger partial charge < -0.3 is 10.6 Å². The first kappa shape index (κ1) is 12.7. The monoisotopic (exact) mass is 270 g/mol. The van der Waals surface area contributed by atoms with Crippen LogP contribution in [0.1, 0.15) is 13.8 Å². The molecule has 94 valence electrons. The summed E-state index contributed by atoms with van der Waals surface area (Å²) in [5, 5.41) is 3.12. The smallest absolute Gasteiger partial charge is 0.185 e. The zero-order chi connectivity index (χ0) is 12.5. The van der Waals surface area contributed by atoms with Gasteiger partial charge in [-0.2, -0.15) is 0 Å². The molecule has 0 unspecified atom stereocenters. The normalized spacial score (nSPS) is 18.4. The van der Waals surface area contributed by atoms with Gasteiger partial charge in [-0.3, -0.25) is 4.90 Å². The molecule has 0 bridgehead atoms. The summed E-state index contributed by atoms with van der Waals surface area (Å²) < 4.78 is 0. The molecule has 0 amide bonds. The van der Waals surface area contributed by atoms with Gasteiger partial charge in [0.05, 0.1) is 10.5 Å². The molecule has 4 nitrogen and oxygen atoms in total. The van der Waals surface area contributed by atoms with Gasteiger partial charge in [0, 0.05) is 37.8 Å². The van der Waals surface area contributed by atoms with Crippen LogP contribution in [-0.4, -0.2) is 46.6 Å². The average molecular weight is 270 g/mol. The first-order valence-electron chi connectivity index (χ1n) is 5.71. The molecule has 0 saturated carbocycles. The molecule has 2 N–H and O–H groups in total. The van der Waals surface area contributed by atoms with Crippen molar-refractivity contribution in [1.82, 2.24) is 9.88 Å². The van der Waals surface area contributed by atoms with Crippen molar-refractivity contribution in [1.29, 1.82) is 0 Å². The summed E-state index contributed by atoms with van der Waals surface area (Å²) in [5.41, 5.74) is 5.61. The second-order valence-corrected chi connectivity index (χ2v) is 6.02. The van der Waals surface area contributed by atoms with Crippen LogP contribution in [0, 0.1) is 0 Å². The van der Waals surface area contributed by atoms with Crippen LogP contribution in [0.3, 0.4) is 0 Å². The Bertz CT molecular complexity index is 380. The summed E-state index contributed by atoms with van der Waals surface area (Å²) in [4.78, 5) is 9.57. The van der Waals surface area contributed by atoms with E-state index in [1.807, 2.05) is 11.6 Å². The van der Waals surface area contributed by atoms with Crippen molar-refractivity contribution in [3.05, 3.63) is 11.6 Å². The Morgan fingerprint density at radius 3 is 2.53 bits per heavy atom. The zero-order valence-corrected chi connectivity index (χ0v) is 11.9. The third-order valence-corrected chi connectivity index (χ3v) is 4.69. The van der Waals surface area contributed by atoms with Crippen molar-refractivity contribution in [3.8, 4) is 0 Å². The topological polar surface area (TPSA) is 45.4 Å². The van der Waals surface area contributed by atoms with Crippen LogP contribution in [0.4, 0.5) is 5.13 Å². The Morgan fingerprint density at radius 2 is 2.06 bits per heavy atom. The number of hydrogen-bond acceptors (Lipinski definition) is 5. The van der Waals surface area contributed by atoms with Crippen LogP contribution >= 0.6 is 23.6 Å². The molecule has 17 heavy (non-hydrogen) atoms. The van der Waals surface area contributed by atoms with Gasteiger partial charge in [-0.1, -0.05) is 12.2 Å². The first-order valence-corrected chi connectivity index (χ1v) is 7.00. The van der Waals surface area contributed by atoms with Crippen LogP contribution in [0.25, 0.3) is 0 Å². The van der Waals surface area contributed by atoms with Crippen molar-refractivity contribution in [2.24, 2.45) is 5.73 Å². The Hall–Kier alpha value is -0.720. The molecule has 1 fully saturated rings. The largest absolute Gasteiger partial charge is 0.392 e. The number of nitrogens with two attached hydrogens (primary N) is 1. The minimum Gasteiger partial charge on any atom is -0.392 e. The molecule has 1 aromatic heterocycles. The predicted octanol–water partition coefficient (Wildman–Crippen LogP) is 1.33. The number of nitrogens with zero attached hydrogens (tertiary/aromatic N) is 3. The highest BCUT2D eigenvalue weighted by molar-refractivity contribution is 7.80.